The smallest absolute Gasteiger partial charge is 0.137 e. The van der Waals surface area contributed by atoms with E-state index in [-0.39, 0.29) is 11.1 Å². The Morgan fingerprint density at radius 2 is 2.33 bits per heavy atom. The van der Waals surface area contributed by atoms with Crippen molar-refractivity contribution in [3.8, 4) is 0 Å². The number of alkyl halides is 1. The molecule has 2 bridgehead atoms. The molecular formula is C9H16ClNO. The molecule has 0 unspecified atom stereocenters. The Morgan fingerprint density at radius 1 is 1.58 bits per heavy atom. The minimum Gasteiger partial charge on any atom is -0.362 e. The summed E-state index contributed by atoms with van der Waals surface area (Å²) in [5, 5.41) is 0.196. The van der Waals surface area contributed by atoms with E-state index >= 15 is 0 Å². The molecule has 0 radical (unpaired) electrons. The fraction of sp³-hybridized carbons (Fsp3) is 1.00. The summed E-state index contributed by atoms with van der Waals surface area (Å²) in [5.41, 5.74) is -0.148. The van der Waals surface area contributed by atoms with Gasteiger partial charge in [0.1, 0.15) is 5.72 Å². The zero-order chi connectivity index (χ0) is 8.77. The molecule has 1 heterocycles. The Morgan fingerprint density at radius 3 is 2.92 bits per heavy atom. The summed E-state index contributed by atoms with van der Waals surface area (Å²) >= 11 is 6.37. The molecule has 70 valence electrons. The Labute approximate surface area is 78.8 Å². The van der Waals surface area contributed by atoms with Crippen LogP contribution in [0.2, 0.25) is 0 Å². The number of nitrogens with zero attached hydrogens (tertiary/aromatic N) is 1. The predicted molar refractivity (Wildman–Crippen MR) is 49.4 cm³/mol. The second kappa shape index (κ2) is 2.86. The largest absolute Gasteiger partial charge is 0.362 e. The molecule has 3 atom stereocenters. The number of halogens is 1. The van der Waals surface area contributed by atoms with Gasteiger partial charge in [-0.25, -0.2) is 0 Å². The van der Waals surface area contributed by atoms with Crippen LogP contribution in [0.5, 0.6) is 0 Å². The molecule has 3 heteroatoms. The van der Waals surface area contributed by atoms with Gasteiger partial charge >= 0.3 is 0 Å². The normalized spacial score (nSPS) is 48.2. The lowest BCUT2D eigenvalue weighted by Crippen LogP contribution is -2.50. The van der Waals surface area contributed by atoms with E-state index in [2.05, 4.69) is 11.9 Å². The fourth-order valence-corrected chi connectivity index (χ4v) is 3.30. The summed E-state index contributed by atoms with van der Waals surface area (Å²) in [5.74, 6) is 0.644. The number of methoxy groups -OCH3 is 1. The first-order valence-electron chi connectivity index (χ1n) is 4.61. The third-order valence-corrected chi connectivity index (χ3v) is 4.16. The molecule has 1 aliphatic carbocycles. The highest BCUT2D eigenvalue weighted by molar-refractivity contribution is 6.21. The number of rotatable bonds is 1. The van der Waals surface area contributed by atoms with Gasteiger partial charge < -0.3 is 4.74 Å². The summed E-state index contributed by atoms with van der Waals surface area (Å²) in [6.07, 6.45) is 3.61. The van der Waals surface area contributed by atoms with Crippen molar-refractivity contribution in [1.82, 2.24) is 4.90 Å². The van der Waals surface area contributed by atoms with Crippen molar-refractivity contribution >= 4 is 11.6 Å². The van der Waals surface area contributed by atoms with E-state index in [4.69, 9.17) is 16.3 Å². The van der Waals surface area contributed by atoms with Crippen LogP contribution in [0.3, 0.4) is 0 Å². The van der Waals surface area contributed by atoms with E-state index in [1.165, 1.54) is 12.8 Å². The molecular weight excluding hydrogens is 174 g/mol. The van der Waals surface area contributed by atoms with Gasteiger partial charge in [-0.2, -0.15) is 0 Å². The van der Waals surface area contributed by atoms with Crippen LogP contribution in [-0.4, -0.2) is 36.7 Å². The van der Waals surface area contributed by atoms with Gasteiger partial charge in [-0.15, -0.1) is 11.6 Å². The molecule has 0 spiro atoms. The van der Waals surface area contributed by atoms with Crippen LogP contribution in [0.15, 0.2) is 0 Å². The van der Waals surface area contributed by atoms with Gasteiger partial charge in [0.2, 0.25) is 0 Å². The number of hydrogen-bond donors (Lipinski definition) is 0. The fourth-order valence-electron chi connectivity index (χ4n) is 2.73. The second-order valence-electron chi connectivity index (χ2n) is 3.98. The maximum absolute atomic E-state index is 6.37. The van der Waals surface area contributed by atoms with Crippen LogP contribution in [0.4, 0.5) is 0 Å². The van der Waals surface area contributed by atoms with Crippen molar-refractivity contribution in [2.24, 2.45) is 5.92 Å². The molecule has 2 aliphatic rings. The van der Waals surface area contributed by atoms with Crippen LogP contribution in [0, 0.1) is 5.92 Å². The molecule has 2 nitrogen and oxygen atoms in total. The predicted octanol–water partition coefficient (Wildman–Crippen LogP) is 1.68. The van der Waals surface area contributed by atoms with E-state index in [1.54, 1.807) is 7.11 Å². The summed E-state index contributed by atoms with van der Waals surface area (Å²) in [6.45, 7) is 1.10. The summed E-state index contributed by atoms with van der Waals surface area (Å²) < 4.78 is 5.59. The molecule has 1 saturated heterocycles. The molecule has 0 aromatic heterocycles. The lowest BCUT2D eigenvalue weighted by molar-refractivity contribution is -0.109. The number of hydrogen-bond acceptors (Lipinski definition) is 2. The molecule has 0 N–H and O–H groups in total. The van der Waals surface area contributed by atoms with Crippen molar-refractivity contribution in [2.75, 3.05) is 20.7 Å². The molecule has 0 aromatic carbocycles. The van der Waals surface area contributed by atoms with Gasteiger partial charge in [0, 0.05) is 13.7 Å². The summed E-state index contributed by atoms with van der Waals surface area (Å²) in [4.78, 5) is 2.28. The topological polar surface area (TPSA) is 12.5 Å². The Kier molecular flexibility index (Phi) is 2.10. The van der Waals surface area contributed by atoms with Gasteiger partial charge in [-0.3, -0.25) is 4.90 Å². The summed E-state index contributed by atoms with van der Waals surface area (Å²) in [6, 6.07) is 0. The minimum atomic E-state index is -0.148. The van der Waals surface area contributed by atoms with Gasteiger partial charge in [0.05, 0.1) is 5.38 Å². The lowest BCUT2D eigenvalue weighted by Gasteiger charge is -2.39. The van der Waals surface area contributed by atoms with E-state index in [0.29, 0.717) is 5.92 Å². The molecule has 2 fully saturated rings. The van der Waals surface area contributed by atoms with Gasteiger partial charge in [-0.1, -0.05) is 0 Å². The molecule has 0 aromatic rings. The van der Waals surface area contributed by atoms with Crippen LogP contribution in [-0.2, 0) is 4.74 Å². The zero-order valence-electron chi connectivity index (χ0n) is 7.72. The second-order valence-corrected chi connectivity index (χ2v) is 4.45. The van der Waals surface area contributed by atoms with Gasteiger partial charge in [-0.05, 0) is 32.2 Å². The van der Waals surface area contributed by atoms with Crippen LogP contribution >= 0.6 is 11.6 Å². The SMILES string of the molecule is CO[C@@]12CCC[C@@H](CN1C)[C@@H]2Cl. The van der Waals surface area contributed by atoms with E-state index in [9.17, 15) is 0 Å². The Hall–Kier alpha value is 0.210. The average molecular weight is 190 g/mol. The van der Waals surface area contributed by atoms with Crippen molar-refractivity contribution in [3.05, 3.63) is 0 Å². The number of ether oxygens (including phenoxy) is 1. The first-order valence-corrected chi connectivity index (χ1v) is 5.05. The van der Waals surface area contributed by atoms with Gasteiger partial charge in [0.25, 0.3) is 0 Å². The summed E-state index contributed by atoms with van der Waals surface area (Å²) in [7, 11) is 3.89. The van der Waals surface area contributed by atoms with Crippen LogP contribution in [0.1, 0.15) is 19.3 Å². The Balaban J connectivity index is 2.27. The average Bonchev–Trinajstić information content (AvgIpc) is 2.23. The van der Waals surface area contributed by atoms with Crippen molar-refractivity contribution in [1.29, 1.82) is 0 Å². The van der Waals surface area contributed by atoms with Crippen LogP contribution in [0.25, 0.3) is 0 Å². The van der Waals surface area contributed by atoms with E-state index in [1.807, 2.05) is 0 Å². The lowest BCUT2D eigenvalue weighted by atomic mass is 9.87. The first-order chi connectivity index (χ1) is 5.70. The Bertz CT molecular complexity index is 187. The highest BCUT2D eigenvalue weighted by Gasteiger charge is 2.53. The molecule has 1 aliphatic heterocycles. The molecule has 1 saturated carbocycles. The van der Waals surface area contributed by atoms with E-state index in [0.717, 1.165) is 13.0 Å². The molecule has 0 amide bonds. The van der Waals surface area contributed by atoms with Crippen molar-refractivity contribution in [2.45, 2.75) is 30.4 Å². The van der Waals surface area contributed by atoms with Crippen LogP contribution < -0.4 is 0 Å². The monoisotopic (exact) mass is 189 g/mol. The minimum absolute atomic E-state index is 0.148. The van der Waals surface area contributed by atoms with Crippen molar-refractivity contribution < 1.29 is 4.74 Å². The van der Waals surface area contributed by atoms with Gasteiger partial charge in [0.15, 0.2) is 0 Å². The maximum Gasteiger partial charge on any atom is 0.137 e. The highest BCUT2D eigenvalue weighted by atomic mass is 35.5. The standard InChI is InChI=1S/C9H16ClNO/c1-11-6-7-4-3-5-9(11,12-2)8(7)10/h7-8H,3-6H2,1-2H3/t7-,8-,9+/m0/s1. The van der Waals surface area contributed by atoms with Crippen molar-refractivity contribution in [3.63, 3.8) is 0 Å². The third-order valence-electron chi connectivity index (χ3n) is 3.46. The highest BCUT2D eigenvalue weighted by Crippen LogP contribution is 2.46. The zero-order valence-corrected chi connectivity index (χ0v) is 8.47. The molecule has 2 rings (SSSR count). The van der Waals surface area contributed by atoms with E-state index < -0.39 is 0 Å². The molecule has 12 heavy (non-hydrogen) atoms. The third kappa shape index (κ3) is 0.949. The maximum atomic E-state index is 6.37. The quantitative estimate of drug-likeness (QED) is 0.582. The number of fused-ring (bicyclic) bond motifs is 2. The number of likely N-dealkylation sites (tertiary alicyclic amines) is 1. The first kappa shape index (κ1) is 8.79.